The van der Waals surface area contributed by atoms with E-state index in [0.717, 1.165) is 0 Å². The first-order valence-corrected chi connectivity index (χ1v) is 5.03. The predicted molar refractivity (Wildman–Crippen MR) is 53.0 cm³/mol. The van der Waals surface area contributed by atoms with Crippen molar-refractivity contribution in [2.45, 2.75) is 38.9 Å². The van der Waals surface area contributed by atoms with Crippen LogP contribution in [0.15, 0.2) is 0 Å². The molecule has 0 fully saturated rings. The lowest BCUT2D eigenvalue weighted by Gasteiger charge is -2.11. The van der Waals surface area contributed by atoms with Gasteiger partial charge in [-0.25, -0.2) is 4.98 Å². The van der Waals surface area contributed by atoms with Crippen LogP contribution in [-0.4, -0.2) is 27.3 Å². The SMILES string of the molecule is Cc1nc([C@H](C)NC(=O)CCC(F)(F)F)n[nH]1. The third-order valence-electron chi connectivity index (χ3n) is 2.01. The van der Waals surface area contributed by atoms with E-state index >= 15 is 0 Å². The van der Waals surface area contributed by atoms with Crippen molar-refractivity contribution in [2.24, 2.45) is 0 Å². The number of aryl methyl sites for hydroxylation is 1. The van der Waals surface area contributed by atoms with Gasteiger partial charge in [-0.1, -0.05) is 0 Å². The second kappa shape index (κ2) is 5.15. The second-order valence-corrected chi connectivity index (χ2v) is 3.68. The smallest absolute Gasteiger partial charge is 0.346 e. The summed E-state index contributed by atoms with van der Waals surface area (Å²) in [5, 5.41) is 8.79. The number of hydrogen-bond donors (Lipinski definition) is 2. The van der Waals surface area contributed by atoms with Crippen molar-refractivity contribution in [1.82, 2.24) is 20.5 Å². The summed E-state index contributed by atoms with van der Waals surface area (Å²) in [5.74, 6) is 0.261. The van der Waals surface area contributed by atoms with Crippen LogP contribution in [0, 0.1) is 6.92 Å². The molecular formula is C9H13F3N4O. The summed E-state index contributed by atoms with van der Waals surface area (Å²) in [6.45, 7) is 3.29. The molecule has 1 aromatic heterocycles. The number of nitrogens with zero attached hydrogens (tertiary/aromatic N) is 2. The van der Waals surface area contributed by atoms with Gasteiger partial charge >= 0.3 is 6.18 Å². The van der Waals surface area contributed by atoms with Gasteiger partial charge in [0, 0.05) is 6.42 Å². The third-order valence-corrected chi connectivity index (χ3v) is 2.01. The molecule has 0 radical (unpaired) electrons. The molecule has 0 saturated carbocycles. The van der Waals surface area contributed by atoms with E-state index < -0.39 is 31.0 Å². The number of H-pyrrole nitrogens is 1. The molecular weight excluding hydrogens is 237 g/mol. The number of carbonyl (C=O) groups excluding carboxylic acids is 1. The lowest BCUT2D eigenvalue weighted by Crippen LogP contribution is -2.28. The van der Waals surface area contributed by atoms with Gasteiger partial charge in [0.25, 0.3) is 0 Å². The van der Waals surface area contributed by atoms with Gasteiger partial charge in [0.2, 0.25) is 5.91 Å². The van der Waals surface area contributed by atoms with E-state index in [1.54, 1.807) is 13.8 Å². The molecule has 2 N–H and O–H groups in total. The largest absolute Gasteiger partial charge is 0.389 e. The monoisotopic (exact) mass is 250 g/mol. The zero-order chi connectivity index (χ0) is 13.1. The maximum absolute atomic E-state index is 11.9. The van der Waals surface area contributed by atoms with Crippen LogP contribution in [0.3, 0.4) is 0 Å². The summed E-state index contributed by atoms with van der Waals surface area (Å²) in [5.41, 5.74) is 0. The normalized spacial score (nSPS) is 13.5. The van der Waals surface area contributed by atoms with Crippen LogP contribution in [0.2, 0.25) is 0 Å². The van der Waals surface area contributed by atoms with Gasteiger partial charge in [-0.15, -0.1) is 0 Å². The second-order valence-electron chi connectivity index (χ2n) is 3.68. The van der Waals surface area contributed by atoms with Crippen molar-refractivity contribution >= 4 is 5.91 Å². The molecule has 96 valence electrons. The van der Waals surface area contributed by atoms with Crippen LogP contribution >= 0.6 is 0 Å². The topological polar surface area (TPSA) is 70.7 Å². The summed E-state index contributed by atoms with van der Waals surface area (Å²) in [6, 6.07) is -0.513. The fourth-order valence-corrected chi connectivity index (χ4v) is 1.19. The summed E-state index contributed by atoms with van der Waals surface area (Å²) < 4.78 is 35.6. The zero-order valence-electron chi connectivity index (χ0n) is 9.43. The summed E-state index contributed by atoms with van der Waals surface area (Å²) in [4.78, 5) is 15.2. The molecule has 17 heavy (non-hydrogen) atoms. The predicted octanol–water partition coefficient (Wildman–Crippen LogP) is 1.63. The average molecular weight is 250 g/mol. The first kappa shape index (κ1) is 13.5. The molecule has 1 aromatic rings. The Labute approximate surface area is 95.8 Å². The minimum absolute atomic E-state index is 0.350. The number of carbonyl (C=O) groups is 1. The van der Waals surface area contributed by atoms with Gasteiger partial charge in [0.15, 0.2) is 5.82 Å². The minimum Gasteiger partial charge on any atom is -0.346 e. The summed E-state index contributed by atoms with van der Waals surface area (Å²) >= 11 is 0. The van der Waals surface area contributed by atoms with Crippen molar-refractivity contribution in [3.63, 3.8) is 0 Å². The molecule has 0 saturated heterocycles. The molecule has 0 aliphatic rings. The first-order valence-electron chi connectivity index (χ1n) is 5.03. The highest BCUT2D eigenvalue weighted by atomic mass is 19.4. The molecule has 1 atom stereocenters. The van der Waals surface area contributed by atoms with E-state index in [2.05, 4.69) is 20.5 Å². The highest BCUT2D eigenvalue weighted by Gasteiger charge is 2.28. The molecule has 0 bridgehead atoms. The Morgan fingerprint density at radius 2 is 2.18 bits per heavy atom. The van der Waals surface area contributed by atoms with E-state index in [1.165, 1.54) is 0 Å². The Bertz CT molecular complexity index is 388. The molecule has 0 aliphatic heterocycles. The molecule has 1 amide bonds. The van der Waals surface area contributed by atoms with Crippen LogP contribution in [0.1, 0.15) is 37.5 Å². The highest BCUT2D eigenvalue weighted by Crippen LogP contribution is 2.21. The van der Waals surface area contributed by atoms with E-state index in [1.807, 2.05) is 0 Å². The van der Waals surface area contributed by atoms with Crippen molar-refractivity contribution in [1.29, 1.82) is 0 Å². The molecule has 1 heterocycles. The molecule has 5 nitrogen and oxygen atoms in total. The highest BCUT2D eigenvalue weighted by molar-refractivity contribution is 5.76. The van der Waals surface area contributed by atoms with Crippen molar-refractivity contribution < 1.29 is 18.0 Å². The van der Waals surface area contributed by atoms with Crippen molar-refractivity contribution in [2.75, 3.05) is 0 Å². The van der Waals surface area contributed by atoms with Gasteiger partial charge in [-0.2, -0.15) is 18.3 Å². The number of nitrogens with one attached hydrogen (secondary N) is 2. The molecule has 8 heteroatoms. The Kier molecular flexibility index (Phi) is 4.08. The molecule has 0 aliphatic carbocycles. The fourth-order valence-electron chi connectivity index (χ4n) is 1.19. The average Bonchev–Trinajstić information content (AvgIpc) is 2.61. The first-order chi connectivity index (χ1) is 7.78. The number of hydrogen-bond acceptors (Lipinski definition) is 3. The summed E-state index contributed by atoms with van der Waals surface area (Å²) in [6.07, 6.45) is -6.03. The fraction of sp³-hybridized carbons (Fsp3) is 0.667. The lowest BCUT2D eigenvalue weighted by molar-refractivity contribution is -0.144. The van der Waals surface area contributed by atoms with Gasteiger partial charge in [0.1, 0.15) is 5.82 Å². The third kappa shape index (κ3) is 4.83. The Morgan fingerprint density at radius 3 is 2.65 bits per heavy atom. The van der Waals surface area contributed by atoms with E-state index in [0.29, 0.717) is 11.6 Å². The number of aromatic nitrogens is 3. The van der Waals surface area contributed by atoms with E-state index in [4.69, 9.17) is 0 Å². The maximum Gasteiger partial charge on any atom is 0.389 e. The Hall–Kier alpha value is -1.60. The number of aromatic amines is 1. The minimum atomic E-state index is -4.32. The van der Waals surface area contributed by atoms with E-state index in [9.17, 15) is 18.0 Å². The molecule has 0 aromatic carbocycles. The van der Waals surface area contributed by atoms with Crippen molar-refractivity contribution in [3.05, 3.63) is 11.6 Å². The van der Waals surface area contributed by atoms with Crippen LogP contribution < -0.4 is 5.32 Å². The lowest BCUT2D eigenvalue weighted by atomic mass is 10.2. The quantitative estimate of drug-likeness (QED) is 0.853. The number of amides is 1. The standard InChI is InChI=1S/C9H13F3N4O/c1-5(8-14-6(2)15-16-8)13-7(17)3-4-9(10,11)12/h5H,3-4H2,1-2H3,(H,13,17)(H,14,15,16)/t5-/m0/s1. The van der Waals surface area contributed by atoms with Crippen LogP contribution in [0.5, 0.6) is 0 Å². The molecule has 0 unspecified atom stereocenters. The Morgan fingerprint density at radius 1 is 1.53 bits per heavy atom. The molecule has 0 spiro atoms. The zero-order valence-corrected chi connectivity index (χ0v) is 9.43. The van der Waals surface area contributed by atoms with Gasteiger partial charge in [-0.05, 0) is 13.8 Å². The van der Waals surface area contributed by atoms with Crippen LogP contribution in [0.25, 0.3) is 0 Å². The van der Waals surface area contributed by atoms with Gasteiger partial charge in [0.05, 0.1) is 12.5 Å². The summed E-state index contributed by atoms with van der Waals surface area (Å²) in [7, 11) is 0. The maximum atomic E-state index is 11.9. The van der Waals surface area contributed by atoms with Crippen molar-refractivity contribution in [3.8, 4) is 0 Å². The Balaban J connectivity index is 2.41. The van der Waals surface area contributed by atoms with Gasteiger partial charge in [-0.3, -0.25) is 9.89 Å². The molecule has 1 rings (SSSR count). The van der Waals surface area contributed by atoms with E-state index in [-0.39, 0.29) is 0 Å². The van der Waals surface area contributed by atoms with Crippen LogP contribution in [-0.2, 0) is 4.79 Å². The number of alkyl halides is 3. The van der Waals surface area contributed by atoms with Crippen LogP contribution in [0.4, 0.5) is 13.2 Å². The van der Waals surface area contributed by atoms with Gasteiger partial charge < -0.3 is 5.32 Å². The number of rotatable bonds is 4. The number of halogens is 3.